The zero-order valence-corrected chi connectivity index (χ0v) is 10.3. The lowest BCUT2D eigenvalue weighted by atomic mass is 10.1. The van der Waals surface area contributed by atoms with Crippen LogP contribution in [0.1, 0.15) is 23.8 Å². The Kier molecular flexibility index (Phi) is 3.33. The van der Waals surface area contributed by atoms with Gasteiger partial charge in [-0.3, -0.25) is 14.8 Å². The van der Waals surface area contributed by atoms with Crippen LogP contribution in [0.15, 0.2) is 6.20 Å². The molecule has 1 atom stereocenters. The Bertz CT molecular complexity index is 402. The van der Waals surface area contributed by atoms with E-state index in [1.807, 2.05) is 4.90 Å². The average molecular weight is 237 g/mol. The van der Waals surface area contributed by atoms with Gasteiger partial charge in [-0.25, -0.2) is 0 Å². The number of aromatic amines is 1. The summed E-state index contributed by atoms with van der Waals surface area (Å²) in [5.74, 6) is -0.0495. The smallest absolute Gasteiger partial charge is 0.274 e. The van der Waals surface area contributed by atoms with E-state index >= 15 is 0 Å². The van der Waals surface area contributed by atoms with Gasteiger partial charge < -0.3 is 10.6 Å². The van der Waals surface area contributed by atoms with Gasteiger partial charge >= 0.3 is 0 Å². The second kappa shape index (κ2) is 4.75. The van der Waals surface area contributed by atoms with E-state index in [1.165, 1.54) is 6.20 Å². The Morgan fingerprint density at radius 1 is 1.65 bits per heavy atom. The summed E-state index contributed by atoms with van der Waals surface area (Å²) in [4.78, 5) is 16.3. The van der Waals surface area contributed by atoms with Crippen molar-refractivity contribution >= 4 is 11.6 Å². The van der Waals surface area contributed by atoms with Crippen molar-refractivity contribution in [2.45, 2.75) is 19.4 Å². The number of H-pyrrole nitrogens is 1. The number of amides is 1. The molecule has 0 spiro atoms. The lowest BCUT2D eigenvalue weighted by molar-refractivity contribution is 0.0537. The third-order valence-corrected chi connectivity index (χ3v) is 3.42. The minimum Gasteiger partial charge on any atom is -0.396 e. The molecule has 1 aliphatic rings. The van der Waals surface area contributed by atoms with Crippen molar-refractivity contribution in [2.24, 2.45) is 0 Å². The number of nitrogen functional groups attached to an aromatic ring is 1. The number of hydrogen-bond acceptors (Lipinski definition) is 4. The van der Waals surface area contributed by atoms with Gasteiger partial charge in [-0.2, -0.15) is 5.10 Å². The number of nitrogens with one attached hydrogen (secondary N) is 1. The van der Waals surface area contributed by atoms with Crippen LogP contribution < -0.4 is 5.73 Å². The summed E-state index contributed by atoms with van der Waals surface area (Å²) in [5, 5.41) is 6.45. The maximum Gasteiger partial charge on any atom is 0.274 e. The first-order valence-electron chi connectivity index (χ1n) is 5.91. The fraction of sp³-hybridized carbons (Fsp3) is 0.636. The molecule has 1 fully saturated rings. The minimum atomic E-state index is -0.0495. The molecule has 1 aromatic rings. The molecule has 1 aliphatic heterocycles. The van der Waals surface area contributed by atoms with Gasteiger partial charge in [0.25, 0.3) is 5.91 Å². The highest BCUT2D eigenvalue weighted by molar-refractivity contribution is 5.97. The van der Waals surface area contributed by atoms with Gasteiger partial charge in [-0.1, -0.05) is 6.92 Å². The predicted molar refractivity (Wildman–Crippen MR) is 65.6 cm³/mol. The van der Waals surface area contributed by atoms with Crippen LogP contribution in [0, 0.1) is 0 Å². The van der Waals surface area contributed by atoms with Crippen molar-refractivity contribution in [3.8, 4) is 0 Å². The number of nitrogens with two attached hydrogens (primary N) is 1. The summed E-state index contributed by atoms with van der Waals surface area (Å²) in [7, 11) is 2.10. The van der Waals surface area contributed by atoms with E-state index < -0.39 is 0 Å². The Hall–Kier alpha value is -1.56. The van der Waals surface area contributed by atoms with Gasteiger partial charge in [0.2, 0.25) is 0 Å². The maximum absolute atomic E-state index is 12.2. The van der Waals surface area contributed by atoms with Gasteiger partial charge in [0.1, 0.15) is 5.69 Å². The fourth-order valence-electron chi connectivity index (χ4n) is 2.20. The first-order chi connectivity index (χ1) is 8.13. The van der Waals surface area contributed by atoms with Crippen LogP contribution in [0.3, 0.4) is 0 Å². The highest BCUT2D eigenvalue weighted by Gasteiger charge is 2.28. The van der Waals surface area contributed by atoms with Crippen molar-refractivity contribution in [1.82, 2.24) is 20.0 Å². The summed E-state index contributed by atoms with van der Waals surface area (Å²) in [5.41, 5.74) is 6.52. The van der Waals surface area contributed by atoms with Crippen molar-refractivity contribution in [3.05, 3.63) is 11.9 Å². The molecule has 2 heterocycles. The van der Waals surface area contributed by atoms with Crippen LogP contribution in [0.25, 0.3) is 0 Å². The van der Waals surface area contributed by atoms with E-state index in [9.17, 15) is 4.79 Å². The Labute approximate surface area is 101 Å². The SMILES string of the molecule is CCC1CN(C(=O)c2[nH]ncc2N)CCN1C. The first kappa shape index (κ1) is 11.9. The minimum absolute atomic E-state index is 0.0495. The second-order valence-corrected chi connectivity index (χ2v) is 4.49. The average Bonchev–Trinajstić information content (AvgIpc) is 2.75. The molecule has 6 nitrogen and oxygen atoms in total. The van der Waals surface area contributed by atoms with Crippen LogP contribution in [0.4, 0.5) is 5.69 Å². The molecule has 0 radical (unpaired) electrons. The lowest BCUT2D eigenvalue weighted by Gasteiger charge is -2.38. The molecular weight excluding hydrogens is 218 g/mol. The third kappa shape index (κ3) is 2.26. The zero-order valence-electron chi connectivity index (χ0n) is 10.3. The molecule has 2 rings (SSSR count). The quantitative estimate of drug-likeness (QED) is 0.768. The number of piperazine rings is 1. The highest BCUT2D eigenvalue weighted by Crippen LogP contribution is 2.15. The molecular formula is C11H19N5O. The van der Waals surface area contributed by atoms with Gasteiger partial charge in [0.15, 0.2) is 0 Å². The van der Waals surface area contributed by atoms with E-state index in [-0.39, 0.29) is 5.91 Å². The summed E-state index contributed by atoms with van der Waals surface area (Å²) in [6.07, 6.45) is 2.51. The van der Waals surface area contributed by atoms with Crippen LogP contribution in [0.5, 0.6) is 0 Å². The van der Waals surface area contributed by atoms with E-state index in [4.69, 9.17) is 5.73 Å². The summed E-state index contributed by atoms with van der Waals surface area (Å²) < 4.78 is 0. The van der Waals surface area contributed by atoms with Crippen LogP contribution in [-0.4, -0.2) is 58.6 Å². The second-order valence-electron chi connectivity index (χ2n) is 4.49. The number of carbonyl (C=O) groups excluding carboxylic acids is 1. The van der Waals surface area contributed by atoms with Crippen molar-refractivity contribution in [3.63, 3.8) is 0 Å². The molecule has 6 heteroatoms. The number of aromatic nitrogens is 2. The molecule has 1 saturated heterocycles. The highest BCUT2D eigenvalue weighted by atomic mass is 16.2. The third-order valence-electron chi connectivity index (χ3n) is 3.42. The summed E-state index contributed by atoms with van der Waals surface area (Å²) >= 11 is 0. The predicted octanol–water partition coefficient (Wildman–Crippen LogP) is 0.158. The lowest BCUT2D eigenvalue weighted by Crippen LogP contribution is -2.53. The standard InChI is InChI=1S/C11H19N5O/c1-3-8-7-16(5-4-15(8)2)11(17)10-9(12)6-13-14-10/h6,8H,3-5,7,12H2,1-2H3,(H,13,14). The first-order valence-corrected chi connectivity index (χ1v) is 5.91. The number of likely N-dealkylation sites (N-methyl/N-ethyl adjacent to an activating group) is 1. The molecule has 3 N–H and O–H groups in total. The zero-order chi connectivity index (χ0) is 12.4. The molecule has 17 heavy (non-hydrogen) atoms. The number of carbonyl (C=O) groups is 1. The summed E-state index contributed by atoms with van der Waals surface area (Å²) in [6, 6.07) is 0.428. The van der Waals surface area contributed by atoms with Crippen LogP contribution >= 0.6 is 0 Å². The summed E-state index contributed by atoms with van der Waals surface area (Å²) in [6.45, 7) is 4.53. The van der Waals surface area contributed by atoms with Gasteiger partial charge in [-0.15, -0.1) is 0 Å². The molecule has 0 aliphatic carbocycles. The fourth-order valence-corrected chi connectivity index (χ4v) is 2.20. The topological polar surface area (TPSA) is 78.2 Å². The van der Waals surface area contributed by atoms with Gasteiger partial charge in [-0.05, 0) is 13.5 Å². The van der Waals surface area contributed by atoms with Crippen LogP contribution in [-0.2, 0) is 0 Å². The Morgan fingerprint density at radius 3 is 3.00 bits per heavy atom. The Morgan fingerprint density at radius 2 is 2.41 bits per heavy atom. The molecule has 1 amide bonds. The van der Waals surface area contributed by atoms with E-state index in [0.29, 0.717) is 17.4 Å². The number of hydrogen-bond donors (Lipinski definition) is 2. The van der Waals surface area contributed by atoms with Crippen molar-refractivity contribution < 1.29 is 4.79 Å². The Balaban J connectivity index is 2.09. The van der Waals surface area contributed by atoms with E-state index in [0.717, 1.165) is 26.1 Å². The monoisotopic (exact) mass is 237 g/mol. The molecule has 1 aromatic heterocycles. The van der Waals surface area contributed by atoms with Gasteiger partial charge in [0.05, 0.1) is 11.9 Å². The van der Waals surface area contributed by atoms with Crippen LogP contribution in [0.2, 0.25) is 0 Å². The van der Waals surface area contributed by atoms with Gasteiger partial charge in [0, 0.05) is 25.7 Å². The van der Waals surface area contributed by atoms with Crippen molar-refractivity contribution in [2.75, 3.05) is 32.4 Å². The molecule has 1 unspecified atom stereocenters. The van der Waals surface area contributed by atoms with Crippen molar-refractivity contribution in [1.29, 1.82) is 0 Å². The van der Waals surface area contributed by atoms with E-state index in [2.05, 4.69) is 29.1 Å². The maximum atomic E-state index is 12.2. The molecule has 94 valence electrons. The molecule has 0 saturated carbocycles. The van der Waals surface area contributed by atoms with E-state index in [1.54, 1.807) is 0 Å². The molecule has 0 bridgehead atoms. The largest absolute Gasteiger partial charge is 0.396 e. The normalized spacial score (nSPS) is 21.8. The number of rotatable bonds is 2. The number of anilines is 1. The molecule has 0 aromatic carbocycles. The number of nitrogens with zero attached hydrogens (tertiary/aromatic N) is 3.